The molecule has 22 heavy (non-hydrogen) atoms. The molecule has 2 atom stereocenters. The fourth-order valence-corrected chi connectivity index (χ4v) is 3.91. The highest BCUT2D eigenvalue weighted by atomic mass is 79.9. The Morgan fingerprint density at radius 3 is 2.86 bits per heavy atom. The van der Waals surface area contributed by atoms with Gasteiger partial charge in [0.05, 0.1) is 11.9 Å². The van der Waals surface area contributed by atoms with Crippen LogP contribution in [0.1, 0.15) is 40.8 Å². The van der Waals surface area contributed by atoms with Crippen molar-refractivity contribution in [3.63, 3.8) is 0 Å². The van der Waals surface area contributed by atoms with Crippen molar-refractivity contribution >= 4 is 28.1 Å². The highest BCUT2D eigenvalue weighted by molar-refractivity contribution is 9.10. The Labute approximate surface area is 137 Å². The molecule has 1 heterocycles. The van der Waals surface area contributed by atoms with E-state index in [9.17, 15) is 0 Å². The molecule has 5 nitrogen and oxygen atoms in total. The van der Waals surface area contributed by atoms with E-state index in [2.05, 4.69) is 37.1 Å². The second kappa shape index (κ2) is 6.04. The Balaban J connectivity index is 2.07. The highest BCUT2D eigenvalue weighted by Gasteiger charge is 2.31. The zero-order chi connectivity index (χ0) is 15.7. The van der Waals surface area contributed by atoms with Crippen LogP contribution in [0.25, 0.3) is 0 Å². The summed E-state index contributed by atoms with van der Waals surface area (Å²) in [6, 6.07) is 8.19. The maximum Gasteiger partial charge on any atom is 0.220 e. The fraction of sp³-hybridized carbons (Fsp3) is 0.312. The first-order valence-corrected chi connectivity index (χ1v) is 7.94. The van der Waals surface area contributed by atoms with Gasteiger partial charge in [0.25, 0.3) is 0 Å². The van der Waals surface area contributed by atoms with Gasteiger partial charge >= 0.3 is 0 Å². The zero-order valence-corrected chi connectivity index (χ0v) is 13.8. The van der Waals surface area contributed by atoms with Gasteiger partial charge in [0, 0.05) is 21.6 Å². The lowest BCUT2D eigenvalue weighted by atomic mass is 9.76. The number of rotatable bonds is 2. The zero-order valence-electron chi connectivity index (χ0n) is 12.2. The third-order valence-electron chi connectivity index (χ3n) is 4.17. The molecule has 3 N–H and O–H groups in total. The van der Waals surface area contributed by atoms with Crippen molar-refractivity contribution in [1.82, 2.24) is 9.97 Å². The first-order chi connectivity index (χ1) is 10.6. The van der Waals surface area contributed by atoms with E-state index in [1.807, 2.05) is 25.1 Å². The smallest absolute Gasteiger partial charge is 0.220 e. The van der Waals surface area contributed by atoms with Crippen LogP contribution in [-0.2, 0) is 6.42 Å². The van der Waals surface area contributed by atoms with Gasteiger partial charge in [-0.3, -0.25) is 0 Å². The number of aryl methyl sites for hydroxylation is 1. The molecule has 1 aliphatic carbocycles. The van der Waals surface area contributed by atoms with Crippen LogP contribution >= 0.6 is 15.9 Å². The van der Waals surface area contributed by atoms with E-state index >= 15 is 0 Å². The molecule has 0 radical (unpaired) electrons. The molecular formula is C16H17BrN4O. The molecule has 0 saturated heterocycles. The topological polar surface area (TPSA) is 84.4 Å². The molecule has 6 heteroatoms. The second-order valence-electron chi connectivity index (χ2n) is 5.56. The van der Waals surface area contributed by atoms with Gasteiger partial charge in [-0.2, -0.15) is 0 Å². The van der Waals surface area contributed by atoms with E-state index < -0.39 is 0 Å². The number of fused-ring (bicyclic) bond motifs is 1. The van der Waals surface area contributed by atoms with Crippen LogP contribution in [0.2, 0.25) is 0 Å². The molecule has 0 saturated carbocycles. The summed E-state index contributed by atoms with van der Waals surface area (Å²) >= 11 is 3.62. The van der Waals surface area contributed by atoms with Crippen LogP contribution in [-0.4, -0.2) is 21.4 Å². The molecule has 2 aromatic rings. The van der Waals surface area contributed by atoms with Crippen LogP contribution in [0.5, 0.6) is 0 Å². The third-order valence-corrected chi connectivity index (χ3v) is 4.90. The van der Waals surface area contributed by atoms with E-state index in [-0.39, 0.29) is 5.92 Å². The van der Waals surface area contributed by atoms with E-state index in [4.69, 9.17) is 10.9 Å². The standard InChI is InChI=1S/C16H17BrN4O/c1-9-15-11(8-19-22)6-10(7-14(15)21-16(18)20-9)12-4-2-3-5-13(12)17/h2-5,8,10-11,22H,6-7H2,1H3,(H2,18,20,21). The van der Waals surface area contributed by atoms with Crippen molar-refractivity contribution in [2.24, 2.45) is 5.16 Å². The first-order valence-electron chi connectivity index (χ1n) is 7.15. The number of nitrogens with zero attached hydrogens (tertiary/aromatic N) is 3. The average Bonchev–Trinajstić information content (AvgIpc) is 2.47. The minimum Gasteiger partial charge on any atom is -0.411 e. The molecular weight excluding hydrogens is 344 g/mol. The normalized spacial score (nSPS) is 21.0. The Hall–Kier alpha value is -1.95. The van der Waals surface area contributed by atoms with Crippen LogP contribution < -0.4 is 5.73 Å². The number of nitrogens with two attached hydrogens (primary N) is 1. The van der Waals surface area contributed by atoms with Gasteiger partial charge in [-0.25, -0.2) is 9.97 Å². The van der Waals surface area contributed by atoms with Crippen molar-refractivity contribution in [1.29, 1.82) is 0 Å². The number of halogens is 1. The molecule has 0 amide bonds. The molecule has 1 aliphatic rings. The fourth-order valence-electron chi connectivity index (χ4n) is 3.30. The third kappa shape index (κ3) is 2.70. The van der Waals surface area contributed by atoms with Crippen LogP contribution in [0.3, 0.4) is 0 Å². The quantitative estimate of drug-likeness (QED) is 0.488. The summed E-state index contributed by atoms with van der Waals surface area (Å²) in [5.41, 5.74) is 9.88. The lowest BCUT2D eigenvalue weighted by Gasteiger charge is -2.30. The molecule has 2 unspecified atom stereocenters. The number of oxime groups is 1. The Morgan fingerprint density at radius 2 is 2.14 bits per heavy atom. The van der Waals surface area contributed by atoms with Crippen LogP contribution in [0.15, 0.2) is 33.9 Å². The van der Waals surface area contributed by atoms with Gasteiger partial charge < -0.3 is 10.9 Å². The van der Waals surface area contributed by atoms with Crippen molar-refractivity contribution in [2.45, 2.75) is 31.6 Å². The molecule has 0 bridgehead atoms. The summed E-state index contributed by atoms with van der Waals surface area (Å²) in [7, 11) is 0. The minimum atomic E-state index is -0.00791. The van der Waals surface area contributed by atoms with Gasteiger partial charge in [-0.1, -0.05) is 34.1 Å². The number of aromatic nitrogens is 2. The Bertz CT molecular complexity index is 732. The summed E-state index contributed by atoms with van der Waals surface area (Å²) in [6.07, 6.45) is 3.23. The number of benzene rings is 1. The predicted octanol–water partition coefficient (Wildman–Crippen LogP) is 3.40. The SMILES string of the molecule is Cc1nc(N)nc2c1C(C=NO)CC(c1ccccc1Br)C2. The Morgan fingerprint density at radius 1 is 1.36 bits per heavy atom. The van der Waals surface area contributed by atoms with Gasteiger partial charge in [-0.15, -0.1) is 5.16 Å². The first kappa shape index (κ1) is 15.0. The van der Waals surface area contributed by atoms with Gasteiger partial charge in [-0.05, 0) is 37.3 Å². The lowest BCUT2D eigenvalue weighted by molar-refractivity contribution is 0.318. The number of anilines is 1. The molecule has 0 spiro atoms. The van der Waals surface area contributed by atoms with Crippen molar-refractivity contribution in [3.05, 3.63) is 51.3 Å². The molecule has 114 valence electrons. The summed E-state index contributed by atoms with van der Waals surface area (Å²) in [4.78, 5) is 8.67. The maximum atomic E-state index is 9.00. The predicted molar refractivity (Wildman–Crippen MR) is 89.4 cm³/mol. The van der Waals surface area contributed by atoms with Crippen molar-refractivity contribution < 1.29 is 5.21 Å². The largest absolute Gasteiger partial charge is 0.411 e. The molecule has 0 fully saturated rings. The van der Waals surface area contributed by atoms with Gasteiger partial charge in [0.1, 0.15) is 0 Å². The van der Waals surface area contributed by atoms with Crippen LogP contribution in [0, 0.1) is 6.92 Å². The second-order valence-corrected chi connectivity index (χ2v) is 6.41. The summed E-state index contributed by atoms with van der Waals surface area (Å²) < 4.78 is 1.09. The van der Waals surface area contributed by atoms with Gasteiger partial charge in [0.2, 0.25) is 5.95 Å². The average molecular weight is 361 g/mol. The highest BCUT2D eigenvalue weighted by Crippen LogP contribution is 2.41. The minimum absolute atomic E-state index is 0.00791. The summed E-state index contributed by atoms with van der Waals surface area (Å²) in [5.74, 6) is 0.579. The summed E-state index contributed by atoms with van der Waals surface area (Å²) in [5, 5.41) is 12.2. The van der Waals surface area contributed by atoms with Crippen molar-refractivity contribution in [3.8, 4) is 0 Å². The van der Waals surface area contributed by atoms with E-state index in [1.54, 1.807) is 6.21 Å². The molecule has 1 aromatic heterocycles. The number of hydrogen-bond acceptors (Lipinski definition) is 5. The monoisotopic (exact) mass is 360 g/mol. The van der Waals surface area contributed by atoms with Crippen molar-refractivity contribution in [2.75, 3.05) is 5.73 Å². The maximum absolute atomic E-state index is 9.00. The van der Waals surface area contributed by atoms with Gasteiger partial charge in [0.15, 0.2) is 0 Å². The number of nitrogen functional groups attached to an aromatic ring is 1. The molecule has 1 aromatic carbocycles. The van der Waals surface area contributed by atoms with E-state index in [0.29, 0.717) is 11.9 Å². The lowest BCUT2D eigenvalue weighted by Crippen LogP contribution is -2.22. The molecule has 3 rings (SSSR count). The van der Waals surface area contributed by atoms with Crippen LogP contribution in [0.4, 0.5) is 5.95 Å². The number of hydrogen-bond donors (Lipinski definition) is 2. The summed E-state index contributed by atoms with van der Waals surface area (Å²) in [6.45, 7) is 1.92. The van der Waals surface area contributed by atoms with E-state index in [0.717, 1.165) is 34.3 Å². The van der Waals surface area contributed by atoms with E-state index in [1.165, 1.54) is 5.56 Å². The molecule has 0 aliphatic heterocycles. The Kier molecular flexibility index (Phi) is 4.11.